The maximum atomic E-state index is 6.51. The lowest BCUT2D eigenvalue weighted by molar-refractivity contribution is 0.103. The molecular formula is C11H30O2Si3. The van der Waals surface area contributed by atoms with Crippen LogP contribution in [0, 0.1) is 0 Å². The normalized spacial score (nSPS) is 13.9. The zero-order valence-electron chi connectivity index (χ0n) is 12.4. The Kier molecular flexibility index (Phi) is 6.72. The Bertz CT molecular complexity index is 201. The van der Waals surface area contributed by atoms with Gasteiger partial charge in [0.25, 0.3) is 0 Å². The molecule has 0 aromatic rings. The maximum Gasteiger partial charge on any atom is 0.321 e. The minimum absolute atomic E-state index is 0.152. The van der Waals surface area contributed by atoms with Crippen molar-refractivity contribution < 1.29 is 8.54 Å². The highest BCUT2D eigenvalue weighted by molar-refractivity contribution is 6.74. The second-order valence-electron chi connectivity index (χ2n) is 5.60. The summed E-state index contributed by atoms with van der Waals surface area (Å²) in [5.41, 5.74) is 0. The molecule has 0 aromatic carbocycles. The van der Waals surface area contributed by atoms with Gasteiger partial charge in [-0.1, -0.05) is 26.9 Å². The molecule has 2 nitrogen and oxygen atoms in total. The molecule has 0 radical (unpaired) electrons. The first-order valence-electron chi connectivity index (χ1n) is 6.57. The van der Waals surface area contributed by atoms with E-state index >= 15 is 0 Å². The van der Waals surface area contributed by atoms with Crippen LogP contribution in [0.2, 0.25) is 39.3 Å². The van der Waals surface area contributed by atoms with Crippen LogP contribution in [0.4, 0.5) is 0 Å². The van der Waals surface area contributed by atoms with Crippen LogP contribution in [-0.4, -0.2) is 31.6 Å². The third-order valence-electron chi connectivity index (χ3n) is 3.22. The van der Waals surface area contributed by atoms with Gasteiger partial charge < -0.3 is 8.54 Å². The molecule has 0 aromatic heterocycles. The molecular weight excluding hydrogens is 248 g/mol. The van der Waals surface area contributed by atoms with Crippen LogP contribution in [-0.2, 0) is 8.54 Å². The highest BCUT2D eigenvalue weighted by Gasteiger charge is 2.39. The van der Waals surface area contributed by atoms with E-state index in [1.54, 1.807) is 0 Å². The largest absolute Gasteiger partial charge is 0.439 e. The fraction of sp³-hybridized carbons (Fsp3) is 1.00. The summed E-state index contributed by atoms with van der Waals surface area (Å²) in [6.45, 7) is 18.2. The monoisotopic (exact) mass is 278 g/mol. The number of hydrogen-bond acceptors (Lipinski definition) is 2. The van der Waals surface area contributed by atoms with Crippen molar-refractivity contribution in [3.05, 3.63) is 0 Å². The molecule has 0 N–H and O–H groups in total. The van der Waals surface area contributed by atoms with Crippen LogP contribution < -0.4 is 0 Å². The maximum absolute atomic E-state index is 6.51. The van der Waals surface area contributed by atoms with Crippen molar-refractivity contribution in [2.24, 2.45) is 0 Å². The molecule has 0 unspecified atom stereocenters. The van der Waals surface area contributed by atoms with Gasteiger partial charge in [0.05, 0.1) is 8.80 Å². The van der Waals surface area contributed by atoms with Crippen LogP contribution in [0.25, 0.3) is 0 Å². The summed E-state index contributed by atoms with van der Waals surface area (Å²) in [5.74, 6) is 0. The summed E-state index contributed by atoms with van der Waals surface area (Å²) in [6.07, 6.45) is 2.26. The molecule has 0 amide bonds. The van der Waals surface area contributed by atoms with Crippen LogP contribution in [0.15, 0.2) is 0 Å². The van der Waals surface area contributed by atoms with E-state index in [0.29, 0.717) is 0 Å². The van der Waals surface area contributed by atoms with Gasteiger partial charge in [0, 0.05) is 5.22 Å². The van der Waals surface area contributed by atoms with Crippen molar-refractivity contribution in [2.45, 2.75) is 71.2 Å². The Labute approximate surface area is 106 Å². The van der Waals surface area contributed by atoms with Crippen molar-refractivity contribution >= 4 is 26.4 Å². The molecule has 0 aliphatic rings. The van der Waals surface area contributed by atoms with Gasteiger partial charge in [-0.2, -0.15) is 0 Å². The Hall–Kier alpha value is 0.571. The second kappa shape index (κ2) is 6.49. The van der Waals surface area contributed by atoms with Gasteiger partial charge in [0.1, 0.15) is 0 Å². The summed E-state index contributed by atoms with van der Waals surface area (Å²) < 4.78 is 12.6. The van der Waals surface area contributed by atoms with E-state index < -0.39 is 26.4 Å². The first-order chi connectivity index (χ1) is 7.19. The lowest BCUT2D eigenvalue weighted by Gasteiger charge is -2.42. The van der Waals surface area contributed by atoms with E-state index in [-0.39, 0.29) is 5.22 Å². The van der Waals surface area contributed by atoms with Crippen LogP contribution >= 0.6 is 0 Å². The van der Waals surface area contributed by atoms with Gasteiger partial charge in [-0.05, 0) is 39.0 Å². The molecule has 0 aliphatic carbocycles. The molecule has 98 valence electrons. The lowest BCUT2D eigenvalue weighted by Crippen LogP contribution is -2.53. The van der Waals surface area contributed by atoms with Crippen molar-refractivity contribution in [1.82, 2.24) is 0 Å². The topological polar surface area (TPSA) is 18.5 Å². The molecule has 0 rings (SSSR count). The summed E-state index contributed by atoms with van der Waals surface area (Å²) in [6, 6.07) is 0. The molecule has 0 atom stereocenters. The average Bonchev–Trinajstić information content (AvgIpc) is 2.11. The van der Waals surface area contributed by atoms with Gasteiger partial charge in [0.15, 0.2) is 9.04 Å². The van der Waals surface area contributed by atoms with Crippen molar-refractivity contribution in [1.29, 1.82) is 0 Å². The van der Waals surface area contributed by atoms with Gasteiger partial charge in [0.2, 0.25) is 0 Å². The van der Waals surface area contributed by atoms with Crippen molar-refractivity contribution in [2.75, 3.05) is 0 Å². The first kappa shape index (κ1) is 16.6. The van der Waals surface area contributed by atoms with Crippen LogP contribution in [0.3, 0.4) is 0 Å². The average molecular weight is 279 g/mol. The fourth-order valence-corrected chi connectivity index (χ4v) is 11.8. The summed E-state index contributed by atoms with van der Waals surface area (Å²) in [5, 5.41) is 0.152. The first-order valence-corrected chi connectivity index (χ1v) is 15.1. The minimum Gasteiger partial charge on any atom is -0.439 e. The molecule has 0 spiro atoms. The van der Waals surface area contributed by atoms with E-state index in [4.69, 9.17) is 8.54 Å². The highest BCUT2D eigenvalue weighted by atomic mass is 28.4. The van der Waals surface area contributed by atoms with Crippen molar-refractivity contribution in [3.63, 3.8) is 0 Å². The summed E-state index contributed by atoms with van der Waals surface area (Å²) >= 11 is 0. The van der Waals surface area contributed by atoms with E-state index in [0.717, 1.165) is 12.8 Å². The third-order valence-corrected chi connectivity index (χ3v) is 11.5. The Morgan fingerprint density at radius 2 is 1.44 bits per heavy atom. The van der Waals surface area contributed by atoms with E-state index in [2.05, 4.69) is 53.1 Å². The van der Waals surface area contributed by atoms with E-state index in [9.17, 15) is 0 Å². The van der Waals surface area contributed by atoms with Gasteiger partial charge in [-0.3, -0.25) is 0 Å². The fourth-order valence-electron chi connectivity index (χ4n) is 2.41. The molecule has 0 aliphatic heterocycles. The predicted octanol–water partition coefficient (Wildman–Crippen LogP) is 3.29. The van der Waals surface area contributed by atoms with Gasteiger partial charge in [-0.15, -0.1) is 0 Å². The molecule has 5 heteroatoms. The molecule has 0 fully saturated rings. The zero-order valence-corrected chi connectivity index (χ0v) is 15.7. The van der Waals surface area contributed by atoms with Gasteiger partial charge in [-0.25, -0.2) is 0 Å². The Morgan fingerprint density at radius 1 is 1.00 bits per heavy atom. The quantitative estimate of drug-likeness (QED) is 0.665. The summed E-state index contributed by atoms with van der Waals surface area (Å²) in [4.78, 5) is 0. The van der Waals surface area contributed by atoms with Crippen LogP contribution in [0.1, 0.15) is 26.7 Å². The standard InChI is InChI=1S/C11H30O2Si3/c1-9-11(10-2,14(3)4)12-16(7,8)13-15(5)6/h14-15H,9-10H2,1-8H3. The highest BCUT2D eigenvalue weighted by Crippen LogP contribution is 2.29. The minimum atomic E-state index is -1.91. The molecule has 0 heterocycles. The molecule has 0 bridgehead atoms. The lowest BCUT2D eigenvalue weighted by atomic mass is 10.2. The second-order valence-corrected chi connectivity index (χ2v) is 15.0. The Morgan fingerprint density at radius 3 is 1.69 bits per heavy atom. The van der Waals surface area contributed by atoms with Gasteiger partial charge >= 0.3 is 8.56 Å². The smallest absolute Gasteiger partial charge is 0.321 e. The summed E-state index contributed by atoms with van der Waals surface area (Å²) in [7, 11) is -3.71. The molecule has 0 saturated carbocycles. The number of hydrogen-bond donors (Lipinski definition) is 0. The predicted molar refractivity (Wildman–Crippen MR) is 80.7 cm³/mol. The van der Waals surface area contributed by atoms with E-state index in [1.807, 2.05) is 0 Å². The Balaban J connectivity index is 4.74. The molecule has 16 heavy (non-hydrogen) atoms. The van der Waals surface area contributed by atoms with Crippen molar-refractivity contribution in [3.8, 4) is 0 Å². The third kappa shape index (κ3) is 4.83. The number of rotatable bonds is 7. The van der Waals surface area contributed by atoms with Crippen LogP contribution in [0.5, 0.6) is 0 Å². The van der Waals surface area contributed by atoms with E-state index in [1.165, 1.54) is 0 Å². The zero-order chi connectivity index (χ0) is 13.0. The SMILES string of the molecule is CCC(CC)(O[Si](C)(C)O[SiH](C)C)[SiH](C)C. The molecule has 0 saturated heterocycles.